The predicted octanol–water partition coefficient (Wildman–Crippen LogP) is 3.42. The number of nitrogens with zero attached hydrogens (tertiary/aromatic N) is 1. The number of benzene rings is 1. The molecule has 0 unspecified atom stereocenters. The van der Waals surface area contributed by atoms with E-state index in [1.54, 1.807) is 12.1 Å². The lowest BCUT2D eigenvalue weighted by atomic mass is 9.84. The maximum absolute atomic E-state index is 13.1. The molecule has 0 aromatic heterocycles. The van der Waals surface area contributed by atoms with Crippen LogP contribution < -0.4 is 10.6 Å². The molecule has 0 amide bonds. The Morgan fingerprint density at radius 2 is 2.00 bits per heavy atom. The first-order chi connectivity index (χ1) is 8.44. The zero-order valence-corrected chi connectivity index (χ0v) is 11.7. The summed E-state index contributed by atoms with van der Waals surface area (Å²) in [6.45, 7) is 6.19. The summed E-state index contributed by atoms with van der Waals surface area (Å²) in [6, 6.07) is 6.74. The van der Waals surface area contributed by atoms with Crippen molar-refractivity contribution in [2.45, 2.75) is 33.1 Å². The Morgan fingerprint density at radius 3 is 2.61 bits per heavy atom. The maximum Gasteiger partial charge on any atom is 0.125 e. The minimum atomic E-state index is -0.178. The van der Waals surface area contributed by atoms with Crippen LogP contribution in [0, 0.1) is 11.2 Å². The van der Waals surface area contributed by atoms with Crippen molar-refractivity contribution >= 4 is 5.69 Å². The highest BCUT2D eigenvalue weighted by atomic mass is 19.1. The first kappa shape index (κ1) is 15.0. The molecule has 0 aliphatic rings. The second-order valence-electron chi connectivity index (χ2n) is 5.71. The average Bonchev–Trinajstić information content (AvgIpc) is 2.28. The van der Waals surface area contributed by atoms with E-state index in [-0.39, 0.29) is 5.82 Å². The number of hydrogen-bond acceptors (Lipinski definition) is 2. The molecule has 0 spiro atoms. The van der Waals surface area contributed by atoms with Crippen molar-refractivity contribution in [2.24, 2.45) is 11.1 Å². The average molecular weight is 252 g/mol. The summed E-state index contributed by atoms with van der Waals surface area (Å²) in [5.41, 5.74) is 6.84. The van der Waals surface area contributed by atoms with Crippen LogP contribution in [0.3, 0.4) is 0 Å². The van der Waals surface area contributed by atoms with Gasteiger partial charge in [0.2, 0.25) is 0 Å². The molecule has 0 saturated carbocycles. The lowest BCUT2D eigenvalue weighted by Crippen LogP contribution is -2.22. The summed E-state index contributed by atoms with van der Waals surface area (Å²) in [6.07, 6.45) is 3.29. The minimum Gasteiger partial charge on any atom is -0.375 e. The van der Waals surface area contributed by atoms with Gasteiger partial charge in [-0.3, -0.25) is 0 Å². The number of nitrogens with two attached hydrogens (primary N) is 1. The van der Waals surface area contributed by atoms with Crippen LogP contribution in [0.4, 0.5) is 10.1 Å². The molecule has 0 radical (unpaired) electrons. The fourth-order valence-corrected chi connectivity index (χ4v) is 2.15. The Kier molecular flexibility index (Phi) is 5.60. The van der Waals surface area contributed by atoms with Crippen molar-refractivity contribution in [3.05, 3.63) is 30.1 Å². The maximum atomic E-state index is 13.1. The molecule has 3 heteroatoms. The molecule has 102 valence electrons. The summed E-state index contributed by atoms with van der Waals surface area (Å²) >= 11 is 0. The Hall–Kier alpha value is -1.09. The molecule has 0 aliphatic heterocycles. The van der Waals surface area contributed by atoms with Crippen LogP contribution in [0.1, 0.15) is 33.1 Å². The van der Waals surface area contributed by atoms with Gasteiger partial charge >= 0.3 is 0 Å². The van der Waals surface area contributed by atoms with Crippen LogP contribution in [0.15, 0.2) is 24.3 Å². The second-order valence-corrected chi connectivity index (χ2v) is 5.71. The highest BCUT2D eigenvalue weighted by Crippen LogP contribution is 2.26. The fourth-order valence-electron chi connectivity index (χ4n) is 2.15. The summed E-state index contributed by atoms with van der Waals surface area (Å²) < 4.78 is 13.1. The van der Waals surface area contributed by atoms with Gasteiger partial charge in [0.15, 0.2) is 0 Å². The van der Waals surface area contributed by atoms with E-state index in [9.17, 15) is 4.39 Å². The second kappa shape index (κ2) is 6.74. The monoisotopic (exact) mass is 252 g/mol. The van der Waals surface area contributed by atoms with Crippen LogP contribution in [-0.4, -0.2) is 20.1 Å². The summed E-state index contributed by atoms with van der Waals surface area (Å²) in [4.78, 5) is 2.10. The van der Waals surface area contributed by atoms with E-state index in [4.69, 9.17) is 5.73 Å². The normalized spacial score (nSPS) is 11.6. The predicted molar refractivity (Wildman–Crippen MR) is 76.4 cm³/mol. The molecule has 2 nitrogen and oxygen atoms in total. The van der Waals surface area contributed by atoms with Crippen molar-refractivity contribution in [1.82, 2.24) is 0 Å². The molecular weight excluding hydrogens is 227 g/mol. The first-order valence-electron chi connectivity index (χ1n) is 6.61. The van der Waals surface area contributed by atoms with Gasteiger partial charge in [-0.25, -0.2) is 4.39 Å². The third-order valence-electron chi connectivity index (χ3n) is 3.42. The molecule has 1 rings (SSSR count). The number of hydrogen-bond donors (Lipinski definition) is 1. The van der Waals surface area contributed by atoms with Gasteiger partial charge in [-0.05, 0) is 49.4 Å². The lowest BCUT2D eigenvalue weighted by Gasteiger charge is -2.26. The molecule has 0 bridgehead atoms. The van der Waals surface area contributed by atoms with Crippen molar-refractivity contribution < 1.29 is 4.39 Å². The van der Waals surface area contributed by atoms with E-state index in [1.165, 1.54) is 6.07 Å². The molecule has 0 heterocycles. The molecule has 1 aromatic carbocycles. The van der Waals surface area contributed by atoms with Crippen molar-refractivity contribution in [2.75, 3.05) is 25.0 Å². The Labute approximate surface area is 110 Å². The van der Waals surface area contributed by atoms with Crippen molar-refractivity contribution in [3.63, 3.8) is 0 Å². The van der Waals surface area contributed by atoms with E-state index < -0.39 is 0 Å². The highest BCUT2D eigenvalue weighted by Gasteiger charge is 2.16. The summed E-state index contributed by atoms with van der Waals surface area (Å²) in [5, 5.41) is 0. The van der Waals surface area contributed by atoms with Gasteiger partial charge in [-0.1, -0.05) is 19.9 Å². The Balaban J connectivity index is 2.40. The van der Waals surface area contributed by atoms with Gasteiger partial charge in [0.1, 0.15) is 5.82 Å². The molecule has 2 N–H and O–H groups in total. The van der Waals surface area contributed by atoms with Gasteiger partial charge in [-0.15, -0.1) is 0 Å². The molecule has 0 aliphatic carbocycles. The number of halogens is 1. The molecule has 0 saturated heterocycles. The molecule has 0 fully saturated rings. The topological polar surface area (TPSA) is 29.3 Å². The zero-order valence-electron chi connectivity index (χ0n) is 11.7. The summed E-state index contributed by atoms with van der Waals surface area (Å²) in [5.74, 6) is -0.178. The van der Waals surface area contributed by atoms with Crippen molar-refractivity contribution in [3.8, 4) is 0 Å². The van der Waals surface area contributed by atoms with E-state index in [2.05, 4.69) is 18.7 Å². The number of anilines is 1. The van der Waals surface area contributed by atoms with E-state index >= 15 is 0 Å². The Morgan fingerprint density at radius 1 is 1.28 bits per heavy atom. The lowest BCUT2D eigenvalue weighted by molar-refractivity contribution is 0.306. The third kappa shape index (κ3) is 5.05. The van der Waals surface area contributed by atoms with Crippen LogP contribution in [0.5, 0.6) is 0 Å². The van der Waals surface area contributed by atoms with Crippen LogP contribution >= 0.6 is 0 Å². The van der Waals surface area contributed by atoms with Crippen LogP contribution in [-0.2, 0) is 0 Å². The fraction of sp³-hybridized carbons (Fsp3) is 0.600. The zero-order chi connectivity index (χ0) is 13.6. The van der Waals surface area contributed by atoms with Gasteiger partial charge in [0.25, 0.3) is 0 Å². The largest absolute Gasteiger partial charge is 0.375 e. The van der Waals surface area contributed by atoms with E-state index in [0.29, 0.717) is 5.41 Å². The number of rotatable bonds is 7. The Bertz CT molecular complexity index is 363. The quantitative estimate of drug-likeness (QED) is 0.805. The van der Waals surface area contributed by atoms with Gasteiger partial charge < -0.3 is 10.6 Å². The van der Waals surface area contributed by atoms with Gasteiger partial charge in [0.05, 0.1) is 0 Å². The molecule has 1 aromatic rings. The standard InChI is InChI=1S/C15H25FN2/c1-15(2,9-10-17)8-5-11-18(3)14-7-4-6-13(16)12-14/h4,6-7,12H,5,8-11,17H2,1-3H3. The SMILES string of the molecule is CN(CCCC(C)(C)CCN)c1cccc(F)c1. The first-order valence-corrected chi connectivity index (χ1v) is 6.61. The third-order valence-corrected chi connectivity index (χ3v) is 3.42. The molecule has 18 heavy (non-hydrogen) atoms. The van der Waals surface area contributed by atoms with E-state index in [0.717, 1.165) is 38.0 Å². The van der Waals surface area contributed by atoms with Gasteiger partial charge in [-0.2, -0.15) is 0 Å². The van der Waals surface area contributed by atoms with Crippen LogP contribution in [0.2, 0.25) is 0 Å². The van der Waals surface area contributed by atoms with Crippen LogP contribution in [0.25, 0.3) is 0 Å². The smallest absolute Gasteiger partial charge is 0.125 e. The molecule has 0 atom stereocenters. The van der Waals surface area contributed by atoms with Crippen molar-refractivity contribution in [1.29, 1.82) is 0 Å². The minimum absolute atomic E-state index is 0.178. The van der Waals surface area contributed by atoms with Gasteiger partial charge in [0, 0.05) is 19.3 Å². The highest BCUT2D eigenvalue weighted by molar-refractivity contribution is 5.45. The van der Waals surface area contributed by atoms with E-state index in [1.807, 2.05) is 13.1 Å². The summed E-state index contributed by atoms with van der Waals surface area (Å²) in [7, 11) is 2.00. The molecular formula is C15H25FN2.